The summed E-state index contributed by atoms with van der Waals surface area (Å²) in [6.07, 6.45) is 2.36. The van der Waals surface area contributed by atoms with Crippen molar-refractivity contribution in [2.75, 3.05) is 13.1 Å². The van der Waals surface area contributed by atoms with Crippen LogP contribution in [0, 0.1) is 5.41 Å². The monoisotopic (exact) mass is 731 g/mol. The maximum Gasteiger partial charge on any atom is 0.416 e. The zero-order chi connectivity index (χ0) is 36.8. The topological polar surface area (TPSA) is 73.9 Å². The Morgan fingerprint density at radius 3 is 2.58 bits per heavy atom. The van der Waals surface area contributed by atoms with Crippen molar-refractivity contribution in [3.05, 3.63) is 129 Å². The van der Waals surface area contributed by atoms with Crippen LogP contribution in [0.25, 0.3) is 11.3 Å². The first-order chi connectivity index (χ1) is 24.7. The third kappa shape index (κ3) is 7.15. The number of nitrogens with zero attached hydrogens (tertiary/aromatic N) is 1. The molecule has 4 aromatic rings. The predicted octanol–water partition coefficient (Wildman–Crippen LogP) is 9.95. The molecule has 2 heterocycles. The Kier molecular flexibility index (Phi) is 10.1. The van der Waals surface area contributed by atoms with E-state index in [-0.39, 0.29) is 28.0 Å². The van der Waals surface area contributed by atoms with Crippen molar-refractivity contribution in [3.8, 4) is 11.3 Å². The number of benzene rings is 3. The van der Waals surface area contributed by atoms with E-state index in [4.69, 9.17) is 16.0 Å². The van der Waals surface area contributed by atoms with Gasteiger partial charge in [-0.15, -0.1) is 0 Å². The van der Waals surface area contributed by atoms with E-state index in [1.807, 2.05) is 18.2 Å². The van der Waals surface area contributed by atoms with E-state index in [1.165, 1.54) is 34.9 Å². The Labute approximate surface area is 308 Å². The van der Waals surface area contributed by atoms with Gasteiger partial charge in [0.05, 0.1) is 22.3 Å². The number of aliphatic hydroxyl groups excluding tert-OH is 1. The fraction of sp³-hybridized carbons (Fsp3) is 0.419. The molecule has 1 aliphatic heterocycles. The minimum atomic E-state index is -4.58. The summed E-state index contributed by atoms with van der Waals surface area (Å²) in [5.41, 5.74) is 3.41. The number of carbonyl (C=O) groups is 1. The Hall–Kier alpha value is -3.69. The second-order valence-corrected chi connectivity index (χ2v) is 15.8. The normalized spacial score (nSPS) is 25.7. The first-order valence-corrected chi connectivity index (χ1v) is 18.6. The Balaban J connectivity index is 1.27. The highest BCUT2D eigenvalue weighted by Crippen LogP contribution is 2.59. The smallest absolute Gasteiger partial charge is 0.416 e. The average molecular weight is 732 g/mol. The van der Waals surface area contributed by atoms with Crippen molar-refractivity contribution >= 4 is 17.4 Å². The zero-order valence-corrected chi connectivity index (χ0v) is 30.4. The summed E-state index contributed by atoms with van der Waals surface area (Å²) >= 11 is 6.32. The van der Waals surface area contributed by atoms with E-state index in [0.29, 0.717) is 44.2 Å². The van der Waals surface area contributed by atoms with Gasteiger partial charge in [-0.2, -0.15) is 13.2 Å². The lowest BCUT2D eigenvalue weighted by Gasteiger charge is -2.47. The number of rotatable bonds is 5. The quantitative estimate of drug-likeness (QED) is 0.158. The molecule has 4 aliphatic rings. The summed E-state index contributed by atoms with van der Waals surface area (Å²) in [4.78, 5) is 16.9. The molecule has 3 aromatic carbocycles. The van der Waals surface area contributed by atoms with Crippen LogP contribution in [0.4, 0.5) is 13.2 Å². The van der Waals surface area contributed by atoms with Crippen LogP contribution >= 0.6 is 11.6 Å². The van der Waals surface area contributed by atoms with Crippen molar-refractivity contribution in [3.63, 3.8) is 0 Å². The summed E-state index contributed by atoms with van der Waals surface area (Å²) in [7, 11) is 0. The summed E-state index contributed by atoms with van der Waals surface area (Å²) < 4.78 is 46.7. The molecule has 1 aromatic heterocycles. The third-order valence-electron chi connectivity index (χ3n) is 12.0. The van der Waals surface area contributed by atoms with E-state index in [9.17, 15) is 28.2 Å². The summed E-state index contributed by atoms with van der Waals surface area (Å²) in [6, 6.07) is 20.2. The minimum absolute atomic E-state index is 0.0240. The van der Waals surface area contributed by atoms with Crippen LogP contribution in [0.5, 0.6) is 0 Å². The molecule has 52 heavy (non-hydrogen) atoms. The number of hydrogen-bond donors (Lipinski definition) is 2. The predicted molar refractivity (Wildman–Crippen MR) is 196 cm³/mol. The third-order valence-corrected chi connectivity index (χ3v) is 12.3. The molecule has 4 atom stereocenters. The first-order valence-electron chi connectivity index (χ1n) is 18.2. The van der Waals surface area contributed by atoms with E-state index >= 15 is 0 Å². The fourth-order valence-corrected chi connectivity index (χ4v) is 9.09. The number of ketones is 1. The van der Waals surface area contributed by atoms with Crippen LogP contribution in [0.1, 0.15) is 102 Å². The standard InChI is InChI=1S/C43H45ClF3NO4/c1-27-6-5-19-41(2)36(17-20-42(41,51)26-48-21-18-29-7-3-4-8-30(29)25-48)33-13-10-28(22-32(49)12-9-27)23-34(33)40(50)39-16-15-38(52-39)35-24-31(43(45,46)47)11-14-37(35)44/h3-4,6-8,10-11,13-16,23-24,32,36,49,51H,5,9,12,17-22,25-26H2,1-2H3. The number of fused-ring (bicyclic) bond motifs is 9. The second-order valence-electron chi connectivity index (χ2n) is 15.4. The van der Waals surface area contributed by atoms with Gasteiger partial charge in [0, 0.05) is 36.2 Å². The molecule has 5 nitrogen and oxygen atoms in total. The summed E-state index contributed by atoms with van der Waals surface area (Å²) in [5, 5.41) is 23.8. The number of β-amino-alcohol motifs (C(OH)–C–C–N with tert-alkyl or cyclic N) is 1. The average Bonchev–Trinajstić information content (AvgIpc) is 3.69. The molecule has 0 spiro atoms. The van der Waals surface area contributed by atoms with Gasteiger partial charge in [0.25, 0.3) is 0 Å². The molecule has 3 aliphatic carbocycles. The van der Waals surface area contributed by atoms with Crippen LogP contribution in [-0.4, -0.2) is 45.7 Å². The molecule has 8 rings (SSSR count). The number of halogens is 4. The molecule has 2 bridgehead atoms. The van der Waals surface area contributed by atoms with Gasteiger partial charge in [-0.25, -0.2) is 0 Å². The number of carbonyl (C=O) groups excluding carboxylic acids is 1. The minimum Gasteiger partial charge on any atom is -0.453 e. The molecular formula is C43H45ClF3NO4. The van der Waals surface area contributed by atoms with Crippen LogP contribution in [0.3, 0.4) is 0 Å². The van der Waals surface area contributed by atoms with Crippen LogP contribution < -0.4 is 0 Å². The highest BCUT2D eigenvalue weighted by atomic mass is 35.5. The number of aliphatic hydroxyl groups is 2. The molecule has 2 N–H and O–H groups in total. The number of alkyl halides is 3. The molecule has 274 valence electrons. The molecule has 1 fully saturated rings. The maximum absolute atomic E-state index is 14.5. The fourth-order valence-electron chi connectivity index (χ4n) is 8.88. The van der Waals surface area contributed by atoms with E-state index in [2.05, 4.69) is 49.1 Å². The SMILES string of the molecule is CC1=CCCC2(C)C(CCC2(O)CN2CCc3ccccc3C2)c2ccc(cc2C(=O)c2ccc(-c3cc(C(F)(F)F)ccc3Cl)o2)CC(O)CC1. The highest BCUT2D eigenvalue weighted by molar-refractivity contribution is 6.33. The first kappa shape index (κ1) is 36.7. The van der Waals surface area contributed by atoms with Crippen LogP contribution in [0.2, 0.25) is 5.02 Å². The van der Waals surface area contributed by atoms with Gasteiger partial charge < -0.3 is 14.6 Å². The van der Waals surface area contributed by atoms with Crippen molar-refractivity contribution in [2.45, 2.75) is 95.6 Å². The molecular weight excluding hydrogens is 687 g/mol. The van der Waals surface area contributed by atoms with Crippen molar-refractivity contribution in [2.24, 2.45) is 5.41 Å². The Bertz CT molecular complexity index is 2000. The largest absolute Gasteiger partial charge is 0.453 e. The van der Waals surface area contributed by atoms with Crippen molar-refractivity contribution < 1.29 is 32.6 Å². The molecule has 0 saturated heterocycles. The molecule has 9 heteroatoms. The Morgan fingerprint density at radius 1 is 1.00 bits per heavy atom. The van der Waals surface area contributed by atoms with E-state index in [1.54, 1.807) is 0 Å². The van der Waals surface area contributed by atoms with Gasteiger partial charge in [0.2, 0.25) is 5.78 Å². The van der Waals surface area contributed by atoms with Crippen LogP contribution in [0.15, 0.2) is 88.9 Å². The lowest BCUT2D eigenvalue weighted by Crippen LogP contribution is -2.53. The van der Waals surface area contributed by atoms with Gasteiger partial charge in [-0.1, -0.05) is 66.6 Å². The van der Waals surface area contributed by atoms with Gasteiger partial charge in [0.15, 0.2) is 5.76 Å². The summed E-state index contributed by atoms with van der Waals surface area (Å²) in [5.74, 6) is -0.547. The summed E-state index contributed by atoms with van der Waals surface area (Å²) in [6.45, 7) is 6.42. The number of allylic oxidation sites excluding steroid dienone is 2. The van der Waals surface area contributed by atoms with E-state index < -0.39 is 34.6 Å². The van der Waals surface area contributed by atoms with Crippen molar-refractivity contribution in [1.29, 1.82) is 0 Å². The van der Waals surface area contributed by atoms with Gasteiger partial charge in [-0.3, -0.25) is 9.69 Å². The molecule has 4 unspecified atom stereocenters. The highest BCUT2D eigenvalue weighted by Gasteiger charge is 2.57. The molecule has 0 radical (unpaired) electrons. The van der Waals surface area contributed by atoms with Gasteiger partial charge in [-0.05, 0) is 123 Å². The zero-order valence-electron chi connectivity index (χ0n) is 29.6. The lowest BCUT2D eigenvalue weighted by atomic mass is 9.64. The molecule has 1 saturated carbocycles. The van der Waals surface area contributed by atoms with Gasteiger partial charge >= 0.3 is 6.18 Å². The number of furan rings is 1. The van der Waals surface area contributed by atoms with Crippen LogP contribution in [-0.2, 0) is 25.6 Å². The number of hydrogen-bond acceptors (Lipinski definition) is 5. The lowest BCUT2D eigenvalue weighted by molar-refractivity contribution is -0.137. The van der Waals surface area contributed by atoms with Gasteiger partial charge in [0.1, 0.15) is 5.76 Å². The van der Waals surface area contributed by atoms with Crippen molar-refractivity contribution in [1.82, 2.24) is 4.90 Å². The Morgan fingerprint density at radius 2 is 1.79 bits per heavy atom. The van der Waals surface area contributed by atoms with E-state index in [0.717, 1.165) is 55.6 Å². The molecule has 0 amide bonds. The maximum atomic E-state index is 14.5. The second kappa shape index (κ2) is 14.3.